The zero-order valence-electron chi connectivity index (χ0n) is 10.9. The number of rotatable bonds is 3. The van der Waals surface area contributed by atoms with E-state index in [9.17, 15) is 18.0 Å². The van der Waals surface area contributed by atoms with Crippen molar-refractivity contribution in [3.05, 3.63) is 44.6 Å². The third-order valence-corrected chi connectivity index (χ3v) is 4.07. The van der Waals surface area contributed by atoms with E-state index in [0.717, 1.165) is 17.0 Å². The molecule has 9 nitrogen and oxygen atoms in total. The van der Waals surface area contributed by atoms with Crippen LogP contribution in [-0.4, -0.2) is 27.5 Å². The summed E-state index contributed by atoms with van der Waals surface area (Å²) in [5.74, 6) is -0.140. The van der Waals surface area contributed by atoms with Crippen LogP contribution in [0.25, 0.3) is 0 Å². The molecule has 2 rings (SSSR count). The molecule has 0 fully saturated rings. The average Bonchev–Trinajstić information content (AvgIpc) is 2.40. The van der Waals surface area contributed by atoms with Crippen molar-refractivity contribution in [2.45, 2.75) is 4.90 Å². The number of aryl methyl sites for hydroxylation is 1. The lowest BCUT2D eigenvalue weighted by atomic mass is 10.6. The molecule has 0 atom stereocenters. The maximum absolute atomic E-state index is 12.2. The summed E-state index contributed by atoms with van der Waals surface area (Å²) in [5.41, 5.74) is -1.58. The highest BCUT2D eigenvalue weighted by Crippen LogP contribution is 2.11. The lowest BCUT2D eigenvalue weighted by Gasteiger charge is -2.09. The lowest BCUT2D eigenvalue weighted by molar-refractivity contribution is 0.589. The van der Waals surface area contributed by atoms with Crippen LogP contribution in [-0.2, 0) is 24.1 Å². The van der Waals surface area contributed by atoms with Gasteiger partial charge in [-0.3, -0.25) is 19.1 Å². The summed E-state index contributed by atoms with van der Waals surface area (Å²) in [4.78, 5) is 30.3. The third kappa shape index (κ3) is 2.95. The molecule has 0 aromatic carbocycles. The Labute approximate surface area is 123 Å². The van der Waals surface area contributed by atoms with Crippen LogP contribution in [0.15, 0.2) is 33.1 Å². The van der Waals surface area contributed by atoms with E-state index >= 15 is 0 Å². The Hall–Kier alpha value is -2.20. The van der Waals surface area contributed by atoms with E-state index < -0.39 is 26.2 Å². The third-order valence-electron chi connectivity index (χ3n) is 2.55. The molecular weight excluding hydrogens is 322 g/mol. The number of aromatic nitrogens is 4. The van der Waals surface area contributed by atoms with Gasteiger partial charge in [-0.05, 0) is 0 Å². The minimum Gasteiger partial charge on any atom is -0.302 e. The summed E-state index contributed by atoms with van der Waals surface area (Å²) >= 11 is 5.60. The van der Waals surface area contributed by atoms with E-state index in [2.05, 4.69) is 14.7 Å². The topological polar surface area (TPSA) is 116 Å². The van der Waals surface area contributed by atoms with Crippen molar-refractivity contribution < 1.29 is 8.42 Å². The molecule has 1 N–H and O–H groups in total. The summed E-state index contributed by atoms with van der Waals surface area (Å²) in [7, 11) is -1.71. The molecule has 112 valence electrons. The first-order valence-corrected chi connectivity index (χ1v) is 7.35. The molecule has 0 radical (unpaired) electrons. The van der Waals surface area contributed by atoms with Crippen LogP contribution in [0.2, 0.25) is 5.15 Å². The molecular formula is C10H10ClN5O4S. The highest BCUT2D eigenvalue weighted by atomic mass is 35.5. The monoisotopic (exact) mass is 331 g/mol. The van der Waals surface area contributed by atoms with Gasteiger partial charge in [0.25, 0.3) is 15.6 Å². The fourth-order valence-electron chi connectivity index (χ4n) is 1.54. The van der Waals surface area contributed by atoms with Crippen molar-refractivity contribution in [1.29, 1.82) is 0 Å². The molecule has 21 heavy (non-hydrogen) atoms. The first-order chi connectivity index (χ1) is 9.72. The molecule has 0 aliphatic heterocycles. The van der Waals surface area contributed by atoms with Gasteiger partial charge in [0, 0.05) is 20.3 Å². The van der Waals surface area contributed by atoms with E-state index in [1.807, 2.05) is 0 Å². The fraction of sp³-hybridized carbons (Fsp3) is 0.200. The second-order valence-corrected chi connectivity index (χ2v) is 6.12. The summed E-state index contributed by atoms with van der Waals surface area (Å²) < 4.78 is 28.2. The zero-order valence-corrected chi connectivity index (χ0v) is 12.5. The smallest absolute Gasteiger partial charge is 0.302 e. The van der Waals surface area contributed by atoms with E-state index in [0.29, 0.717) is 4.57 Å². The normalized spacial score (nSPS) is 11.4. The van der Waals surface area contributed by atoms with Crippen molar-refractivity contribution >= 4 is 27.4 Å². The van der Waals surface area contributed by atoms with Crippen molar-refractivity contribution in [2.24, 2.45) is 14.1 Å². The molecule has 0 spiro atoms. The van der Waals surface area contributed by atoms with Crippen LogP contribution >= 0.6 is 11.6 Å². The quantitative estimate of drug-likeness (QED) is 0.797. The Kier molecular flexibility index (Phi) is 3.83. The minimum atomic E-state index is -4.23. The van der Waals surface area contributed by atoms with Crippen LogP contribution in [0, 0.1) is 0 Å². The lowest BCUT2D eigenvalue weighted by Crippen LogP contribution is -2.40. The molecule has 0 aliphatic carbocycles. The van der Waals surface area contributed by atoms with Crippen molar-refractivity contribution in [3.8, 4) is 0 Å². The molecule has 2 heterocycles. The van der Waals surface area contributed by atoms with Gasteiger partial charge >= 0.3 is 5.69 Å². The predicted octanol–water partition coefficient (Wildman–Crippen LogP) is -0.672. The number of hydrogen-bond donors (Lipinski definition) is 1. The van der Waals surface area contributed by atoms with Gasteiger partial charge in [0.15, 0.2) is 10.7 Å². The van der Waals surface area contributed by atoms with Gasteiger partial charge in [-0.2, -0.15) is 0 Å². The molecule has 0 unspecified atom stereocenters. The Morgan fingerprint density at radius 2 is 1.90 bits per heavy atom. The SMILES string of the molecule is Cn1cc(S(=O)(=O)Nc2cncc(Cl)n2)c(=O)n(C)c1=O. The molecule has 2 aromatic rings. The van der Waals surface area contributed by atoms with Crippen molar-refractivity contribution in [2.75, 3.05) is 4.72 Å². The Bertz CT molecular complexity index is 918. The highest BCUT2D eigenvalue weighted by Gasteiger charge is 2.22. The average molecular weight is 332 g/mol. The molecule has 0 amide bonds. The van der Waals surface area contributed by atoms with Gasteiger partial charge in [0.1, 0.15) is 5.15 Å². The number of halogens is 1. The van der Waals surface area contributed by atoms with Gasteiger partial charge in [-0.15, -0.1) is 0 Å². The second-order valence-electron chi connectivity index (χ2n) is 4.08. The number of anilines is 1. The van der Waals surface area contributed by atoms with Gasteiger partial charge < -0.3 is 4.57 Å². The molecule has 0 aliphatic rings. The van der Waals surface area contributed by atoms with E-state index in [1.165, 1.54) is 20.3 Å². The van der Waals surface area contributed by atoms with E-state index in [1.54, 1.807) is 0 Å². The molecule has 0 saturated carbocycles. The van der Waals surface area contributed by atoms with E-state index in [4.69, 9.17) is 11.6 Å². The van der Waals surface area contributed by atoms with Crippen LogP contribution < -0.4 is 16.0 Å². The maximum atomic E-state index is 12.2. The Balaban J connectivity index is 2.56. The minimum absolute atomic E-state index is 0.0106. The van der Waals surface area contributed by atoms with Crippen molar-refractivity contribution in [1.82, 2.24) is 19.1 Å². The largest absolute Gasteiger partial charge is 0.330 e. The first-order valence-electron chi connectivity index (χ1n) is 5.49. The number of nitrogens with zero attached hydrogens (tertiary/aromatic N) is 4. The first kappa shape index (κ1) is 15.2. The van der Waals surface area contributed by atoms with Crippen molar-refractivity contribution in [3.63, 3.8) is 0 Å². The van der Waals surface area contributed by atoms with E-state index in [-0.39, 0.29) is 11.0 Å². The molecule has 0 saturated heterocycles. The van der Waals surface area contributed by atoms with Gasteiger partial charge in [-0.1, -0.05) is 11.6 Å². The maximum Gasteiger partial charge on any atom is 0.330 e. The van der Waals surface area contributed by atoms with Gasteiger partial charge in [0.2, 0.25) is 0 Å². The Morgan fingerprint density at radius 3 is 2.52 bits per heavy atom. The summed E-state index contributed by atoms with van der Waals surface area (Å²) in [6.45, 7) is 0. The standard InChI is InChI=1S/C10H10ClN5O4S/c1-15-5-6(9(17)16(2)10(15)18)21(19,20)14-8-4-12-3-7(11)13-8/h3-5H,1-2H3,(H,13,14). The second kappa shape index (κ2) is 5.30. The van der Waals surface area contributed by atoms with Crippen LogP contribution in [0.1, 0.15) is 0 Å². The number of hydrogen-bond acceptors (Lipinski definition) is 6. The molecule has 11 heteroatoms. The summed E-state index contributed by atoms with van der Waals surface area (Å²) in [6, 6.07) is 0. The van der Waals surface area contributed by atoms with Crippen LogP contribution in [0.5, 0.6) is 0 Å². The predicted molar refractivity (Wildman–Crippen MR) is 74.8 cm³/mol. The zero-order chi connectivity index (χ0) is 15.8. The molecule has 2 aromatic heterocycles. The summed E-state index contributed by atoms with van der Waals surface area (Å²) in [5, 5.41) is -0.0106. The Morgan fingerprint density at radius 1 is 1.24 bits per heavy atom. The van der Waals surface area contributed by atoms with Gasteiger partial charge in [-0.25, -0.2) is 18.2 Å². The fourth-order valence-corrected chi connectivity index (χ4v) is 2.84. The number of sulfonamides is 1. The van der Waals surface area contributed by atoms with Crippen LogP contribution in [0.3, 0.4) is 0 Å². The molecule has 0 bridgehead atoms. The van der Waals surface area contributed by atoms with Crippen LogP contribution in [0.4, 0.5) is 5.82 Å². The highest BCUT2D eigenvalue weighted by molar-refractivity contribution is 7.92. The number of nitrogens with one attached hydrogen (secondary N) is 1. The summed E-state index contributed by atoms with van der Waals surface area (Å²) in [6.07, 6.45) is 3.30. The van der Waals surface area contributed by atoms with Gasteiger partial charge in [0.05, 0.1) is 12.4 Å².